The van der Waals surface area contributed by atoms with Crippen molar-refractivity contribution in [1.82, 2.24) is 0 Å². The van der Waals surface area contributed by atoms with Crippen LogP contribution in [0.15, 0.2) is 0 Å². The molecule has 0 radical (unpaired) electrons. The Kier molecular flexibility index (Phi) is 20.8. The van der Waals surface area contributed by atoms with E-state index in [9.17, 15) is 9.59 Å². The molecule has 0 aliphatic carbocycles. The zero-order valence-electron chi connectivity index (χ0n) is 14.6. The van der Waals surface area contributed by atoms with Gasteiger partial charge in [0.1, 0.15) is 12.2 Å². The number of ether oxygens (including phenoxy) is 1. The topological polar surface area (TPSA) is 71.1 Å². The van der Waals surface area contributed by atoms with Crippen molar-refractivity contribution in [2.75, 3.05) is 26.4 Å². The van der Waals surface area contributed by atoms with Crippen LogP contribution in [0, 0.1) is 0 Å². The molecule has 0 amide bonds. The van der Waals surface area contributed by atoms with Crippen LogP contribution in [0.5, 0.6) is 0 Å². The normalized spacial score (nSPS) is 9.68. The van der Waals surface area contributed by atoms with Gasteiger partial charge in [0.05, 0.1) is 6.61 Å². The van der Waals surface area contributed by atoms with Gasteiger partial charge in [0, 0.05) is 0 Å². The van der Waals surface area contributed by atoms with Crippen LogP contribution >= 0.6 is 0 Å². The van der Waals surface area contributed by atoms with Crippen molar-refractivity contribution in [3.63, 3.8) is 0 Å². The van der Waals surface area contributed by atoms with Crippen molar-refractivity contribution in [3.05, 3.63) is 0 Å². The van der Waals surface area contributed by atoms with Crippen molar-refractivity contribution < 1.29 is 45.8 Å². The Morgan fingerprint density at radius 2 is 1.23 bits per heavy atom. The fraction of sp³-hybridized carbons (Fsp3) is 0.867. The summed E-state index contributed by atoms with van der Waals surface area (Å²) in [5.41, 5.74) is 0. The average molecular weight is 399 g/mol. The first-order valence-electron chi connectivity index (χ1n) is 7.91. The van der Waals surface area contributed by atoms with E-state index in [4.69, 9.17) is 8.44 Å². The first-order chi connectivity index (χ1) is 10.5. The maximum absolute atomic E-state index is 10.4. The van der Waals surface area contributed by atoms with Gasteiger partial charge in [0.15, 0.2) is 0 Å². The number of hydrogen-bond acceptors (Lipinski definition) is 6. The third kappa shape index (κ3) is 19.9. The molecule has 0 aliphatic heterocycles. The zero-order valence-corrected chi connectivity index (χ0v) is 17.1. The van der Waals surface area contributed by atoms with E-state index in [1.165, 1.54) is 6.92 Å². The van der Waals surface area contributed by atoms with Gasteiger partial charge in [-0.2, -0.15) is 0 Å². The Bertz CT molecular complexity index is 254. The molecule has 0 heterocycles. The Morgan fingerprint density at radius 3 is 1.50 bits per heavy atom. The van der Waals surface area contributed by atoms with Gasteiger partial charge in [-0.3, -0.25) is 9.59 Å². The molecule has 0 saturated heterocycles. The van der Waals surface area contributed by atoms with Crippen molar-refractivity contribution in [2.45, 2.75) is 60.3 Å². The molecule has 0 aromatic rings. The summed E-state index contributed by atoms with van der Waals surface area (Å²) in [7, 11) is 0. The monoisotopic (exact) mass is 397 g/mol. The van der Waals surface area contributed by atoms with Gasteiger partial charge in [-0.15, -0.1) is 0 Å². The molecule has 7 heteroatoms. The predicted octanol–water partition coefficient (Wildman–Crippen LogP) is 3.16. The molecular formula is C15H31O6Zr. The molecule has 0 spiro atoms. The molecule has 0 atom stereocenters. The first-order valence-corrected chi connectivity index (χ1v) is 10.9. The van der Waals surface area contributed by atoms with Crippen LogP contribution in [0.3, 0.4) is 0 Å². The second-order valence-electron chi connectivity index (χ2n) is 4.48. The summed E-state index contributed by atoms with van der Waals surface area (Å²) in [6.07, 6.45) is 3.01. The van der Waals surface area contributed by atoms with Gasteiger partial charge in [0.2, 0.25) is 0 Å². The second kappa shape index (κ2) is 19.0. The van der Waals surface area contributed by atoms with E-state index in [0.29, 0.717) is 6.61 Å². The minimum absolute atomic E-state index is 0.103. The van der Waals surface area contributed by atoms with Crippen LogP contribution in [0.2, 0.25) is 0 Å². The largest absolute Gasteiger partial charge is 0.466 e. The van der Waals surface area contributed by atoms with Crippen LogP contribution in [-0.2, 0) is 45.8 Å². The number of carbonyl (C=O) groups is 2. The summed E-state index contributed by atoms with van der Waals surface area (Å²) < 4.78 is 21.1. The minimum Gasteiger partial charge on any atom is -0.466 e. The van der Waals surface area contributed by atoms with Gasteiger partial charge in [0.25, 0.3) is 0 Å². The van der Waals surface area contributed by atoms with Gasteiger partial charge < -0.3 is 4.74 Å². The van der Waals surface area contributed by atoms with Crippen LogP contribution < -0.4 is 0 Å². The molecule has 0 aromatic heterocycles. The molecule has 0 bridgehead atoms. The van der Waals surface area contributed by atoms with E-state index in [1.807, 2.05) is 0 Å². The van der Waals surface area contributed by atoms with Crippen LogP contribution in [0.4, 0.5) is 0 Å². The third-order valence-corrected chi connectivity index (χ3v) is 5.21. The number of hydrogen-bond donors (Lipinski definition) is 0. The molecule has 0 rings (SSSR count). The SMILES string of the molecule is CCC[O][Zr]([O]CCC)[O]CCC.CCOC(=O)CC(C)=O. The van der Waals surface area contributed by atoms with E-state index >= 15 is 0 Å². The van der Waals surface area contributed by atoms with E-state index in [-0.39, 0.29) is 12.2 Å². The fourth-order valence-corrected chi connectivity index (χ4v) is 4.45. The van der Waals surface area contributed by atoms with E-state index in [0.717, 1.165) is 39.1 Å². The number of rotatable bonds is 12. The summed E-state index contributed by atoms with van der Waals surface area (Å²) in [5, 5.41) is 0. The maximum atomic E-state index is 10.4. The van der Waals surface area contributed by atoms with Gasteiger partial charge >= 0.3 is 97.3 Å². The molecule has 0 saturated carbocycles. The quantitative estimate of drug-likeness (QED) is 0.371. The molecule has 0 N–H and O–H groups in total. The Balaban J connectivity index is 0. The van der Waals surface area contributed by atoms with E-state index in [2.05, 4.69) is 25.5 Å². The van der Waals surface area contributed by atoms with Gasteiger partial charge in [-0.1, -0.05) is 0 Å². The number of carbonyl (C=O) groups excluding carboxylic acids is 2. The number of Topliss-reactive ketones (excluding diaryl/α,β-unsaturated/α-hetero) is 1. The molecule has 131 valence electrons. The van der Waals surface area contributed by atoms with Crippen molar-refractivity contribution in [1.29, 1.82) is 0 Å². The van der Waals surface area contributed by atoms with Gasteiger partial charge in [-0.25, -0.2) is 0 Å². The molecule has 0 fully saturated rings. The second-order valence-corrected chi connectivity index (χ2v) is 7.84. The van der Waals surface area contributed by atoms with E-state index < -0.39 is 29.0 Å². The smallest absolute Gasteiger partial charge is 0.313 e. The molecule has 0 aromatic carbocycles. The average Bonchev–Trinajstić information content (AvgIpc) is 2.46. The Morgan fingerprint density at radius 1 is 0.818 bits per heavy atom. The number of esters is 1. The summed E-state index contributed by atoms with van der Waals surface area (Å²) in [4.78, 5) is 20.6. The van der Waals surface area contributed by atoms with Crippen LogP contribution in [-0.4, -0.2) is 38.2 Å². The maximum Gasteiger partial charge on any atom is 0.313 e. The molecule has 0 aliphatic rings. The van der Waals surface area contributed by atoms with Crippen LogP contribution in [0.25, 0.3) is 0 Å². The van der Waals surface area contributed by atoms with Gasteiger partial charge in [-0.05, 0) is 13.8 Å². The molecule has 6 nitrogen and oxygen atoms in total. The molecule has 0 unspecified atom stereocenters. The third-order valence-electron chi connectivity index (χ3n) is 1.97. The van der Waals surface area contributed by atoms with Crippen LogP contribution in [0.1, 0.15) is 60.3 Å². The fourth-order valence-electron chi connectivity index (χ4n) is 1.10. The first kappa shape index (κ1) is 24.2. The summed E-state index contributed by atoms with van der Waals surface area (Å²) in [6, 6.07) is 0. The zero-order chi connectivity index (χ0) is 17.2. The minimum atomic E-state index is -2.34. The van der Waals surface area contributed by atoms with Crippen molar-refractivity contribution >= 4 is 11.8 Å². The molecular weight excluding hydrogens is 367 g/mol. The van der Waals surface area contributed by atoms with Crippen molar-refractivity contribution in [3.8, 4) is 0 Å². The number of ketones is 1. The van der Waals surface area contributed by atoms with E-state index in [1.54, 1.807) is 6.92 Å². The summed E-state index contributed by atoms with van der Waals surface area (Å²) >= 11 is -2.34. The standard InChI is InChI=1S/C6H10O3.3C3H7O.Zr/c1-3-9-6(8)4-5(2)7;3*1-2-3-4;/h3-4H2,1-2H3;3*2-3H2,1H3;/q;3*-1;+3. The van der Waals surface area contributed by atoms with Crippen molar-refractivity contribution in [2.24, 2.45) is 0 Å². The summed E-state index contributed by atoms with van der Waals surface area (Å²) in [5.74, 6) is -0.599. The Hall–Kier alpha value is -0.0969. The Labute approximate surface area is 144 Å². The predicted molar refractivity (Wildman–Crippen MR) is 80.7 cm³/mol. The molecule has 22 heavy (non-hydrogen) atoms. The summed E-state index contributed by atoms with van der Waals surface area (Å²) in [6.45, 7) is 12.0.